The number of nitrogens with zero attached hydrogens (tertiary/aromatic N) is 1. The summed E-state index contributed by atoms with van der Waals surface area (Å²) in [5.41, 5.74) is 2.12. The zero-order valence-electron chi connectivity index (χ0n) is 16.5. The standard InChI is InChI=1S/C26H22N2P.ClH/c1-4-12-21(13-5-1)29(22-14-6-2-7-15-22,23-16-8-3-9-17-23)20-26-27-24-18-10-11-19-25(24)28-26;/h1-19H,20H2,(H,27,28);1H/q+1;. The Balaban J connectivity index is 0.00000218. The maximum atomic E-state index is 4.95. The lowest BCUT2D eigenvalue weighted by atomic mass is 10.3. The topological polar surface area (TPSA) is 28.7 Å². The number of para-hydroxylation sites is 2. The summed E-state index contributed by atoms with van der Waals surface area (Å²) < 4.78 is 0. The fourth-order valence-corrected chi connectivity index (χ4v) is 8.16. The molecule has 4 heteroatoms. The number of aromatic amines is 1. The third kappa shape index (κ3) is 3.65. The third-order valence-electron chi connectivity index (χ3n) is 5.42. The first kappa shape index (κ1) is 20.3. The molecule has 0 saturated heterocycles. The Morgan fingerprint density at radius 2 is 1.00 bits per heavy atom. The molecular weight excluding hydrogens is 407 g/mol. The molecule has 2 nitrogen and oxygen atoms in total. The molecule has 0 fully saturated rings. The summed E-state index contributed by atoms with van der Waals surface area (Å²) in [5.74, 6) is 1.04. The summed E-state index contributed by atoms with van der Waals surface area (Å²) >= 11 is 0. The van der Waals surface area contributed by atoms with Gasteiger partial charge in [0.25, 0.3) is 0 Å². The predicted molar refractivity (Wildman–Crippen MR) is 132 cm³/mol. The maximum absolute atomic E-state index is 4.95. The fourth-order valence-electron chi connectivity index (χ4n) is 4.07. The largest absolute Gasteiger partial charge is 0.339 e. The average Bonchev–Trinajstić information content (AvgIpc) is 3.22. The van der Waals surface area contributed by atoms with Crippen LogP contribution in [0.3, 0.4) is 0 Å². The van der Waals surface area contributed by atoms with E-state index in [9.17, 15) is 0 Å². The molecule has 0 atom stereocenters. The SMILES string of the molecule is Cl.c1ccc([P+](Cc2nc3ccccc3[nH]2)(c2ccccc2)c2ccccc2)cc1. The minimum Gasteiger partial charge on any atom is -0.339 e. The zero-order valence-corrected chi connectivity index (χ0v) is 18.2. The Bertz CT molecular complexity index is 1090. The van der Waals surface area contributed by atoms with Crippen LogP contribution in [0.2, 0.25) is 0 Å². The second-order valence-electron chi connectivity index (χ2n) is 7.18. The summed E-state index contributed by atoms with van der Waals surface area (Å²) in [6.45, 7) is 0. The fraction of sp³-hybridized carbons (Fsp3) is 0.0385. The zero-order chi connectivity index (χ0) is 19.5. The molecule has 0 saturated carbocycles. The Kier molecular flexibility index (Phi) is 5.99. The number of H-pyrrole nitrogens is 1. The Labute approximate surface area is 183 Å². The number of nitrogens with one attached hydrogen (secondary N) is 1. The molecule has 30 heavy (non-hydrogen) atoms. The molecule has 0 aliphatic heterocycles. The molecule has 0 radical (unpaired) electrons. The van der Waals surface area contributed by atoms with Gasteiger partial charge in [0.1, 0.15) is 35.2 Å². The van der Waals surface area contributed by atoms with Crippen LogP contribution in [0.5, 0.6) is 0 Å². The number of halogens is 1. The second-order valence-corrected chi connectivity index (χ2v) is 10.7. The predicted octanol–water partition coefficient (Wildman–Crippen LogP) is 5.48. The molecule has 0 aliphatic carbocycles. The highest BCUT2D eigenvalue weighted by Gasteiger charge is 2.46. The molecule has 1 N–H and O–H groups in total. The van der Waals surface area contributed by atoms with Gasteiger partial charge in [0.15, 0.2) is 0 Å². The van der Waals surface area contributed by atoms with Gasteiger partial charge in [0.05, 0.1) is 11.0 Å². The van der Waals surface area contributed by atoms with Crippen LogP contribution in [-0.2, 0) is 6.16 Å². The van der Waals surface area contributed by atoms with Crippen LogP contribution in [0.4, 0.5) is 0 Å². The first-order chi connectivity index (χ1) is 14.4. The lowest BCUT2D eigenvalue weighted by molar-refractivity contribution is 1.13. The van der Waals surface area contributed by atoms with Crippen molar-refractivity contribution in [1.29, 1.82) is 0 Å². The van der Waals surface area contributed by atoms with Gasteiger partial charge in [-0.05, 0) is 48.5 Å². The van der Waals surface area contributed by atoms with Crippen molar-refractivity contribution < 1.29 is 0 Å². The van der Waals surface area contributed by atoms with Gasteiger partial charge in [0, 0.05) is 0 Å². The van der Waals surface area contributed by atoms with Gasteiger partial charge in [-0.25, -0.2) is 4.98 Å². The van der Waals surface area contributed by atoms with Crippen molar-refractivity contribution in [3.05, 3.63) is 121 Å². The highest BCUT2D eigenvalue weighted by molar-refractivity contribution is 7.95. The summed E-state index contributed by atoms with van der Waals surface area (Å²) in [7, 11) is -1.92. The van der Waals surface area contributed by atoms with Crippen LogP contribution < -0.4 is 15.9 Å². The third-order valence-corrected chi connectivity index (χ3v) is 9.73. The molecule has 0 amide bonds. The van der Waals surface area contributed by atoms with Crippen LogP contribution in [0.1, 0.15) is 5.82 Å². The molecule has 1 heterocycles. The van der Waals surface area contributed by atoms with E-state index < -0.39 is 7.26 Å². The van der Waals surface area contributed by atoms with Gasteiger partial charge in [-0.15, -0.1) is 12.4 Å². The number of benzene rings is 4. The number of rotatable bonds is 5. The van der Waals surface area contributed by atoms with Crippen molar-refractivity contribution in [2.45, 2.75) is 6.16 Å². The van der Waals surface area contributed by atoms with Crippen molar-refractivity contribution >= 4 is 46.6 Å². The first-order valence-electron chi connectivity index (χ1n) is 9.85. The number of hydrogen-bond acceptors (Lipinski definition) is 1. The van der Waals surface area contributed by atoms with E-state index in [0.717, 1.165) is 23.0 Å². The highest BCUT2D eigenvalue weighted by atomic mass is 35.5. The number of fused-ring (bicyclic) bond motifs is 1. The van der Waals surface area contributed by atoms with Crippen molar-refractivity contribution in [3.8, 4) is 0 Å². The van der Waals surface area contributed by atoms with Gasteiger partial charge in [-0.3, -0.25) is 0 Å². The van der Waals surface area contributed by atoms with E-state index in [-0.39, 0.29) is 12.4 Å². The van der Waals surface area contributed by atoms with Gasteiger partial charge < -0.3 is 4.98 Å². The van der Waals surface area contributed by atoms with Gasteiger partial charge in [-0.2, -0.15) is 0 Å². The summed E-state index contributed by atoms with van der Waals surface area (Å²) in [6.07, 6.45) is 0.861. The number of aromatic nitrogens is 2. The summed E-state index contributed by atoms with van der Waals surface area (Å²) in [6, 6.07) is 41.1. The molecule has 0 aliphatic rings. The van der Waals surface area contributed by atoms with E-state index in [0.29, 0.717) is 0 Å². The average molecular weight is 430 g/mol. The molecule has 5 aromatic rings. The van der Waals surface area contributed by atoms with Crippen molar-refractivity contribution in [3.63, 3.8) is 0 Å². The number of imidazole rings is 1. The van der Waals surface area contributed by atoms with Crippen LogP contribution in [-0.4, -0.2) is 9.97 Å². The smallest absolute Gasteiger partial charge is 0.146 e. The van der Waals surface area contributed by atoms with Crippen LogP contribution in [0, 0.1) is 0 Å². The van der Waals surface area contributed by atoms with E-state index >= 15 is 0 Å². The Morgan fingerprint density at radius 1 is 0.567 bits per heavy atom. The minimum atomic E-state index is -1.92. The van der Waals surface area contributed by atoms with E-state index in [2.05, 4.69) is 114 Å². The molecular formula is C26H23ClN2P+. The molecule has 1 aromatic heterocycles. The van der Waals surface area contributed by atoms with E-state index in [1.807, 2.05) is 6.07 Å². The van der Waals surface area contributed by atoms with E-state index in [4.69, 9.17) is 4.98 Å². The lowest BCUT2D eigenvalue weighted by Crippen LogP contribution is -2.32. The minimum absolute atomic E-state index is 0. The van der Waals surface area contributed by atoms with Crippen molar-refractivity contribution in [2.75, 3.05) is 0 Å². The highest BCUT2D eigenvalue weighted by Crippen LogP contribution is 2.57. The molecule has 5 rings (SSSR count). The molecule has 0 bridgehead atoms. The summed E-state index contributed by atoms with van der Waals surface area (Å²) in [4.78, 5) is 8.52. The Morgan fingerprint density at radius 3 is 1.47 bits per heavy atom. The van der Waals surface area contributed by atoms with Crippen molar-refractivity contribution in [1.82, 2.24) is 9.97 Å². The van der Waals surface area contributed by atoms with Gasteiger partial charge >= 0.3 is 0 Å². The quantitative estimate of drug-likeness (QED) is 0.368. The van der Waals surface area contributed by atoms with E-state index in [1.165, 1.54) is 15.9 Å². The normalized spacial score (nSPS) is 11.2. The van der Waals surface area contributed by atoms with E-state index in [1.54, 1.807) is 0 Å². The molecule has 0 unspecified atom stereocenters. The lowest BCUT2D eigenvalue weighted by Gasteiger charge is -2.26. The Hall–Kier alpha value is -2.93. The first-order valence-corrected chi connectivity index (χ1v) is 11.8. The van der Waals surface area contributed by atoms with Crippen LogP contribution in [0.15, 0.2) is 115 Å². The van der Waals surface area contributed by atoms with Gasteiger partial charge in [0.2, 0.25) is 0 Å². The van der Waals surface area contributed by atoms with Crippen LogP contribution >= 0.6 is 19.7 Å². The molecule has 148 valence electrons. The number of hydrogen-bond donors (Lipinski definition) is 1. The second kappa shape index (κ2) is 8.83. The maximum Gasteiger partial charge on any atom is 0.146 e. The molecule has 0 spiro atoms. The monoisotopic (exact) mass is 429 g/mol. The molecule has 4 aromatic carbocycles. The van der Waals surface area contributed by atoms with Crippen molar-refractivity contribution in [2.24, 2.45) is 0 Å². The summed E-state index contributed by atoms with van der Waals surface area (Å²) in [5, 5.41) is 4.12. The van der Waals surface area contributed by atoms with Crippen LogP contribution in [0.25, 0.3) is 11.0 Å². The van der Waals surface area contributed by atoms with Gasteiger partial charge in [-0.1, -0.05) is 66.7 Å².